The summed E-state index contributed by atoms with van der Waals surface area (Å²) in [5.41, 5.74) is 2.19. The van der Waals surface area contributed by atoms with Crippen LogP contribution in [0, 0.1) is 5.82 Å². The average molecular weight is 520 g/mol. The van der Waals surface area contributed by atoms with Gasteiger partial charge in [0.15, 0.2) is 0 Å². The predicted octanol–water partition coefficient (Wildman–Crippen LogP) is 4.57. The Bertz CT molecular complexity index is 1220. The molecule has 1 saturated heterocycles. The molecule has 2 aliphatic rings. The number of nitrogens with zero attached hydrogens (tertiary/aromatic N) is 6. The van der Waals surface area contributed by atoms with Gasteiger partial charge in [-0.2, -0.15) is 28.2 Å². The quantitative estimate of drug-likeness (QED) is 0.376. The van der Waals surface area contributed by atoms with Gasteiger partial charge in [0, 0.05) is 37.1 Å². The highest BCUT2D eigenvalue weighted by Crippen LogP contribution is 2.32. The van der Waals surface area contributed by atoms with Crippen molar-refractivity contribution >= 4 is 30.1 Å². The first-order valence-electron chi connectivity index (χ1n) is 11.0. The molecule has 0 bridgehead atoms. The van der Waals surface area contributed by atoms with Gasteiger partial charge in [-0.05, 0) is 60.5 Å². The summed E-state index contributed by atoms with van der Waals surface area (Å²) in [4.78, 5) is 13.8. The molecule has 1 aromatic heterocycles. The topological polar surface area (TPSA) is 69.1 Å². The fourth-order valence-electron chi connectivity index (χ4n) is 3.61. The van der Waals surface area contributed by atoms with Crippen LogP contribution in [0.4, 0.5) is 29.3 Å². The van der Waals surface area contributed by atoms with Crippen LogP contribution in [0.15, 0.2) is 64.6 Å². The number of piperazine rings is 1. The summed E-state index contributed by atoms with van der Waals surface area (Å²) in [6.45, 7) is 2.98. The minimum Gasteiger partial charge on any atom is -0.439 e. The minimum atomic E-state index is -4.35. The van der Waals surface area contributed by atoms with Crippen LogP contribution in [0.25, 0.3) is 0 Å². The molecule has 0 atom stereocenters. The summed E-state index contributed by atoms with van der Waals surface area (Å²) < 4.78 is 59.6. The van der Waals surface area contributed by atoms with Crippen molar-refractivity contribution in [2.24, 2.45) is 5.10 Å². The third-order valence-electron chi connectivity index (χ3n) is 5.47. The molecule has 5 rings (SSSR count). The number of alkyl halides is 3. The van der Waals surface area contributed by atoms with Gasteiger partial charge in [0.1, 0.15) is 30.4 Å². The van der Waals surface area contributed by atoms with Crippen LogP contribution in [0.3, 0.4) is 0 Å². The van der Waals surface area contributed by atoms with E-state index >= 15 is 0 Å². The van der Waals surface area contributed by atoms with Crippen molar-refractivity contribution in [3.8, 4) is 11.6 Å². The molecule has 3 heterocycles. The maximum atomic E-state index is 13.3. The summed E-state index contributed by atoms with van der Waals surface area (Å²) in [5, 5.41) is 4.00. The first kappa shape index (κ1) is 24.1. The second kappa shape index (κ2) is 10.2. The second-order valence-corrected chi connectivity index (χ2v) is 9.15. The molecule has 3 aromatic rings. The maximum Gasteiger partial charge on any atom is 0.416 e. The van der Waals surface area contributed by atoms with Crippen LogP contribution in [-0.2, 0) is 6.18 Å². The van der Waals surface area contributed by atoms with E-state index in [4.69, 9.17) is 4.74 Å². The molecule has 1 N–H and O–H groups in total. The smallest absolute Gasteiger partial charge is 0.416 e. The van der Waals surface area contributed by atoms with Gasteiger partial charge in [0.05, 0.1) is 5.56 Å². The van der Waals surface area contributed by atoms with Crippen molar-refractivity contribution in [2.45, 2.75) is 11.1 Å². The van der Waals surface area contributed by atoms with Crippen LogP contribution in [-0.4, -0.2) is 53.5 Å². The number of anilines is 2. The highest BCUT2D eigenvalue weighted by molar-refractivity contribution is 7.97. The summed E-state index contributed by atoms with van der Waals surface area (Å²) in [6, 6.07) is 12.5. The summed E-state index contributed by atoms with van der Waals surface area (Å²) in [6.07, 6.45) is -2.73. The Morgan fingerprint density at radius 2 is 1.64 bits per heavy atom. The van der Waals surface area contributed by atoms with Crippen molar-refractivity contribution in [2.75, 3.05) is 42.6 Å². The lowest BCUT2D eigenvalue weighted by atomic mass is 10.2. The largest absolute Gasteiger partial charge is 0.439 e. The first-order chi connectivity index (χ1) is 17.3. The minimum absolute atomic E-state index is 0.309. The highest BCUT2D eigenvalue weighted by Gasteiger charge is 2.30. The Hall–Kier alpha value is -3.58. The Kier molecular flexibility index (Phi) is 6.83. The highest BCUT2D eigenvalue weighted by atomic mass is 32.2. The number of rotatable bonds is 6. The van der Waals surface area contributed by atoms with E-state index in [-0.39, 0.29) is 5.82 Å². The molecule has 13 heteroatoms. The fourth-order valence-corrected chi connectivity index (χ4v) is 4.51. The van der Waals surface area contributed by atoms with Crippen LogP contribution in [0.2, 0.25) is 0 Å². The van der Waals surface area contributed by atoms with Gasteiger partial charge in [-0.3, -0.25) is 10.3 Å². The van der Waals surface area contributed by atoms with Gasteiger partial charge in [0.25, 0.3) is 0 Å². The van der Waals surface area contributed by atoms with Gasteiger partial charge < -0.3 is 9.64 Å². The summed E-state index contributed by atoms with van der Waals surface area (Å²) in [5.74, 6) is 1.45. The lowest BCUT2D eigenvalue weighted by Crippen LogP contribution is -2.44. The molecule has 188 valence electrons. The molecule has 2 aliphatic heterocycles. The molecular formula is C23H21F4N7OS. The molecule has 8 nitrogen and oxygen atoms in total. The van der Waals surface area contributed by atoms with E-state index in [0.717, 1.165) is 17.0 Å². The molecule has 0 unspecified atom stereocenters. The normalized spacial score (nSPS) is 16.3. The zero-order valence-electron chi connectivity index (χ0n) is 18.8. The molecular weight excluding hydrogens is 498 g/mol. The van der Waals surface area contributed by atoms with E-state index in [9.17, 15) is 17.6 Å². The Morgan fingerprint density at radius 3 is 2.28 bits per heavy atom. The van der Waals surface area contributed by atoms with Crippen LogP contribution >= 0.6 is 11.9 Å². The van der Waals surface area contributed by atoms with Gasteiger partial charge in [0.2, 0.25) is 11.8 Å². The molecule has 0 spiro atoms. The van der Waals surface area contributed by atoms with Crippen molar-refractivity contribution in [1.29, 1.82) is 0 Å². The molecule has 0 amide bonds. The molecule has 2 aromatic carbocycles. The number of benzene rings is 2. The standard InChI is InChI=1S/C23H21F4N7OS/c24-17-3-5-18(6-4-17)35-21-13-20(33-14-28-29-15-33)30-22(31-21)32-9-11-34(12-10-32)36-19-7-1-16(2-8-19)23(25,26)27/h1-8,13-14,29H,9-12,15H2. The number of hydrogen-bond acceptors (Lipinski definition) is 9. The van der Waals surface area contributed by atoms with Crippen molar-refractivity contribution in [3.63, 3.8) is 0 Å². The SMILES string of the molecule is Fc1ccc(Oc2cc(N3C=NNC3)nc(N3CCN(Sc4ccc(C(F)(F)F)cc4)CC3)n2)cc1. The zero-order valence-corrected chi connectivity index (χ0v) is 19.6. The number of halogens is 4. The Morgan fingerprint density at radius 1 is 0.917 bits per heavy atom. The first-order valence-corrected chi connectivity index (χ1v) is 11.8. The van der Waals surface area contributed by atoms with E-state index in [0.29, 0.717) is 56.2 Å². The third-order valence-corrected chi connectivity index (χ3v) is 6.58. The fraction of sp³-hybridized carbons (Fsp3) is 0.261. The molecule has 0 aliphatic carbocycles. The van der Waals surface area contributed by atoms with Gasteiger partial charge in [-0.25, -0.2) is 8.70 Å². The van der Waals surface area contributed by atoms with E-state index in [1.807, 2.05) is 4.90 Å². The monoisotopic (exact) mass is 519 g/mol. The number of hydrazone groups is 1. The van der Waals surface area contributed by atoms with Crippen molar-refractivity contribution in [3.05, 3.63) is 66.0 Å². The van der Waals surface area contributed by atoms with Crippen molar-refractivity contribution < 1.29 is 22.3 Å². The molecule has 0 saturated carbocycles. The Balaban J connectivity index is 1.27. The van der Waals surface area contributed by atoms with E-state index in [2.05, 4.69) is 24.8 Å². The summed E-state index contributed by atoms with van der Waals surface area (Å²) >= 11 is 1.42. The zero-order chi connectivity index (χ0) is 25.1. The summed E-state index contributed by atoms with van der Waals surface area (Å²) in [7, 11) is 0. The number of aromatic nitrogens is 2. The third kappa shape index (κ3) is 5.79. The molecule has 36 heavy (non-hydrogen) atoms. The predicted molar refractivity (Wildman–Crippen MR) is 129 cm³/mol. The van der Waals surface area contributed by atoms with Gasteiger partial charge in [-0.1, -0.05) is 0 Å². The van der Waals surface area contributed by atoms with Gasteiger partial charge in [-0.15, -0.1) is 0 Å². The van der Waals surface area contributed by atoms with Crippen LogP contribution in [0.1, 0.15) is 5.56 Å². The van der Waals surface area contributed by atoms with Crippen LogP contribution < -0.4 is 20.0 Å². The lowest BCUT2D eigenvalue weighted by molar-refractivity contribution is -0.137. The van der Waals surface area contributed by atoms with Crippen LogP contribution in [0.5, 0.6) is 11.6 Å². The maximum absolute atomic E-state index is 13.3. The Labute approximate surface area is 208 Å². The van der Waals surface area contributed by atoms with E-state index in [1.165, 1.54) is 48.3 Å². The number of hydrogen-bond donors (Lipinski definition) is 1. The molecule has 1 fully saturated rings. The van der Waals surface area contributed by atoms with Crippen molar-refractivity contribution in [1.82, 2.24) is 19.7 Å². The van der Waals surface area contributed by atoms with E-state index in [1.54, 1.807) is 17.3 Å². The number of ether oxygens (including phenoxy) is 1. The molecule has 0 radical (unpaired) electrons. The second-order valence-electron chi connectivity index (χ2n) is 7.98. The number of nitrogens with one attached hydrogen (secondary N) is 1. The van der Waals surface area contributed by atoms with E-state index < -0.39 is 11.7 Å². The van der Waals surface area contributed by atoms with Gasteiger partial charge >= 0.3 is 6.18 Å². The lowest BCUT2D eigenvalue weighted by Gasteiger charge is -2.34. The average Bonchev–Trinajstić information content (AvgIpc) is 3.41.